The summed E-state index contributed by atoms with van der Waals surface area (Å²) in [4.78, 5) is 17.4. The number of amides is 2. The van der Waals surface area contributed by atoms with Gasteiger partial charge >= 0.3 is 12.6 Å². The van der Waals surface area contributed by atoms with Crippen molar-refractivity contribution >= 4 is 17.8 Å². The molecule has 124 valence electrons. The number of imidazole rings is 1. The van der Waals surface area contributed by atoms with E-state index in [1.807, 2.05) is 11.8 Å². The summed E-state index contributed by atoms with van der Waals surface area (Å²) < 4.78 is 26.3. The Labute approximate surface area is 133 Å². The van der Waals surface area contributed by atoms with Gasteiger partial charge < -0.3 is 10.2 Å². The zero-order chi connectivity index (χ0) is 16.1. The molecule has 2 rings (SSSR count). The lowest BCUT2D eigenvalue weighted by Gasteiger charge is -2.21. The Hall–Kier alpha value is -1.31. The Balaban J connectivity index is 1.84. The molecule has 5 nitrogen and oxygen atoms in total. The molecule has 1 N–H and O–H groups in total. The van der Waals surface area contributed by atoms with Gasteiger partial charge in [0.1, 0.15) is 5.82 Å². The van der Waals surface area contributed by atoms with Crippen molar-refractivity contribution in [3.05, 3.63) is 18.2 Å². The Bertz CT molecular complexity index is 497. The van der Waals surface area contributed by atoms with Crippen molar-refractivity contribution in [2.45, 2.75) is 50.6 Å². The van der Waals surface area contributed by atoms with Crippen molar-refractivity contribution in [1.29, 1.82) is 0 Å². The summed E-state index contributed by atoms with van der Waals surface area (Å²) in [6, 6.07) is -0.0650. The molecule has 0 unspecified atom stereocenters. The number of alkyl halides is 2. The van der Waals surface area contributed by atoms with Crippen LogP contribution in [0.25, 0.3) is 0 Å². The van der Waals surface area contributed by atoms with E-state index in [1.165, 1.54) is 17.3 Å². The summed E-state index contributed by atoms with van der Waals surface area (Å²) in [5.41, 5.74) is 0. The van der Waals surface area contributed by atoms with Crippen LogP contribution in [0.3, 0.4) is 0 Å². The largest absolute Gasteiger partial charge is 0.335 e. The molecule has 22 heavy (non-hydrogen) atoms. The number of hydrogen-bond acceptors (Lipinski definition) is 3. The van der Waals surface area contributed by atoms with E-state index < -0.39 is 6.55 Å². The van der Waals surface area contributed by atoms with Crippen LogP contribution in [0, 0.1) is 0 Å². The van der Waals surface area contributed by atoms with Gasteiger partial charge in [-0.15, -0.1) is 0 Å². The highest BCUT2D eigenvalue weighted by Gasteiger charge is 2.27. The van der Waals surface area contributed by atoms with Gasteiger partial charge in [-0.3, -0.25) is 4.57 Å². The van der Waals surface area contributed by atoms with Crippen LogP contribution < -0.4 is 5.32 Å². The topological polar surface area (TPSA) is 50.2 Å². The summed E-state index contributed by atoms with van der Waals surface area (Å²) >= 11 is 1.93. The first-order valence-corrected chi connectivity index (χ1v) is 8.49. The number of nitrogens with zero attached hydrogens (tertiary/aromatic N) is 3. The molecule has 1 heterocycles. The van der Waals surface area contributed by atoms with Crippen molar-refractivity contribution in [2.75, 3.05) is 12.8 Å². The predicted octanol–water partition coefficient (Wildman–Crippen LogP) is 3.09. The number of carbonyl (C=O) groups is 1. The molecule has 2 atom stereocenters. The molecule has 1 aromatic heterocycles. The van der Waals surface area contributed by atoms with Gasteiger partial charge in [0.15, 0.2) is 0 Å². The van der Waals surface area contributed by atoms with Crippen molar-refractivity contribution in [2.24, 2.45) is 0 Å². The smallest absolute Gasteiger partial charge is 0.319 e. The Morgan fingerprint density at radius 3 is 3.05 bits per heavy atom. The fraction of sp³-hybridized carbons (Fsp3) is 0.714. The van der Waals surface area contributed by atoms with Crippen LogP contribution in [0.1, 0.15) is 38.6 Å². The predicted molar refractivity (Wildman–Crippen MR) is 83.0 cm³/mol. The highest BCUT2D eigenvalue weighted by molar-refractivity contribution is 7.99. The number of hydrogen-bond donors (Lipinski definition) is 1. The van der Waals surface area contributed by atoms with E-state index in [4.69, 9.17) is 0 Å². The Kier molecular flexibility index (Phi) is 6.05. The molecule has 0 bridgehead atoms. The van der Waals surface area contributed by atoms with Crippen molar-refractivity contribution in [3.63, 3.8) is 0 Å². The Morgan fingerprint density at radius 1 is 1.59 bits per heavy atom. The second kappa shape index (κ2) is 7.80. The van der Waals surface area contributed by atoms with Crippen molar-refractivity contribution in [3.8, 4) is 0 Å². The number of thioether (sulfide) groups is 1. The van der Waals surface area contributed by atoms with Crippen molar-refractivity contribution in [1.82, 2.24) is 19.8 Å². The van der Waals surface area contributed by atoms with E-state index in [2.05, 4.69) is 17.2 Å². The molecule has 0 aromatic carbocycles. The van der Waals surface area contributed by atoms with E-state index in [0.717, 1.165) is 29.6 Å². The molecule has 1 saturated carbocycles. The maximum Gasteiger partial charge on any atom is 0.319 e. The molecular weight excluding hydrogens is 310 g/mol. The molecule has 0 spiro atoms. The van der Waals surface area contributed by atoms with Gasteiger partial charge in [0.25, 0.3) is 0 Å². The minimum absolute atomic E-state index is 0.0586. The van der Waals surface area contributed by atoms with E-state index in [9.17, 15) is 13.6 Å². The van der Waals surface area contributed by atoms with Crippen LogP contribution >= 0.6 is 11.8 Å². The minimum Gasteiger partial charge on any atom is -0.335 e. The number of halogens is 2. The summed E-state index contributed by atoms with van der Waals surface area (Å²) in [6.07, 6.45) is 5.60. The third-order valence-electron chi connectivity index (χ3n) is 3.80. The number of aromatic nitrogens is 2. The number of urea groups is 1. The second-order valence-corrected chi connectivity index (χ2v) is 7.00. The second-order valence-electron chi connectivity index (χ2n) is 5.42. The van der Waals surface area contributed by atoms with E-state index in [1.54, 1.807) is 7.05 Å². The molecular formula is C14H22F2N4OS. The van der Waals surface area contributed by atoms with Crippen LogP contribution in [0.5, 0.6) is 0 Å². The molecule has 8 heteroatoms. The zero-order valence-corrected chi connectivity index (χ0v) is 13.7. The van der Waals surface area contributed by atoms with Gasteiger partial charge in [0.05, 0.1) is 6.54 Å². The quantitative estimate of drug-likeness (QED) is 0.871. The first kappa shape index (κ1) is 17.1. The van der Waals surface area contributed by atoms with Gasteiger partial charge in [0.2, 0.25) is 0 Å². The summed E-state index contributed by atoms with van der Waals surface area (Å²) in [5, 5.41) is 3.59. The number of carbonyl (C=O) groups excluding carboxylic acids is 1. The van der Waals surface area contributed by atoms with E-state index in [0.29, 0.717) is 5.25 Å². The summed E-state index contributed by atoms with van der Waals surface area (Å²) in [7, 11) is 1.59. The van der Waals surface area contributed by atoms with Gasteiger partial charge in [0, 0.05) is 30.7 Å². The van der Waals surface area contributed by atoms with Gasteiger partial charge in [-0.05, 0) is 25.0 Å². The first-order valence-electron chi connectivity index (χ1n) is 7.44. The van der Waals surface area contributed by atoms with Crippen LogP contribution in [0.15, 0.2) is 12.4 Å². The Morgan fingerprint density at radius 2 is 2.36 bits per heavy atom. The molecule has 1 aliphatic rings. The van der Waals surface area contributed by atoms with Crippen LogP contribution in [-0.2, 0) is 6.54 Å². The SMILES string of the molecule is CCS[C@H]1CC[C@@H](NC(=O)N(C)Cc2nccn2C(F)F)C1. The molecule has 0 radical (unpaired) electrons. The van der Waals surface area contributed by atoms with E-state index in [-0.39, 0.29) is 24.4 Å². The summed E-state index contributed by atoms with van der Waals surface area (Å²) in [5.74, 6) is 1.26. The van der Waals surface area contributed by atoms with Gasteiger partial charge in [-0.1, -0.05) is 6.92 Å². The minimum atomic E-state index is -2.64. The lowest BCUT2D eigenvalue weighted by atomic mass is 10.2. The van der Waals surface area contributed by atoms with Gasteiger partial charge in [-0.2, -0.15) is 20.5 Å². The molecule has 2 amide bonds. The first-order chi connectivity index (χ1) is 10.5. The van der Waals surface area contributed by atoms with Crippen LogP contribution in [0.2, 0.25) is 0 Å². The van der Waals surface area contributed by atoms with Crippen LogP contribution in [-0.4, -0.2) is 44.6 Å². The molecule has 0 aliphatic heterocycles. The average molecular weight is 332 g/mol. The van der Waals surface area contributed by atoms with E-state index >= 15 is 0 Å². The number of nitrogens with one attached hydrogen (secondary N) is 1. The average Bonchev–Trinajstić information content (AvgIpc) is 3.08. The fourth-order valence-electron chi connectivity index (χ4n) is 2.67. The van der Waals surface area contributed by atoms with Crippen molar-refractivity contribution < 1.29 is 13.6 Å². The highest BCUT2D eigenvalue weighted by atomic mass is 32.2. The van der Waals surface area contributed by atoms with Crippen LogP contribution in [0.4, 0.5) is 13.6 Å². The summed E-state index contributed by atoms with van der Waals surface area (Å²) in [6.45, 7) is -0.450. The molecule has 1 fully saturated rings. The highest BCUT2D eigenvalue weighted by Crippen LogP contribution is 2.29. The molecule has 0 saturated heterocycles. The monoisotopic (exact) mass is 332 g/mol. The third kappa shape index (κ3) is 4.34. The molecule has 1 aliphatic carbocycles. The molecule has 1 aromatic rings. The lowest BCUT2D eigenvalue weighted by molar-refractivity contribution is 0.0650. The fourth-order valence-corrected chi connectivity index (χ4v) is 3.81. The lowest BCUT2D eigenvalue weighted by Crippen LogP contribution is -2.42. The zero-order valence-electron chi connectivity index (χ0n) is 12.8. The van der Waals surface area contributed by atoms with Gasteiger partial charge in [-0.25, -0.2) is 9.78 Å². The standard InChI is InChI=1S/C14H22F2N4OS/c1-3-22-11-5-4-10(8-11)18-14(21)19(2)9-12-17-6-7-20(12)13(15)16/h6-7,10-11,13H,3-5,8-9H2,1-2H3,(H,18,21)/t10-,11+/m1/s1. The maximum atomic E-state index is 12.8. The number of rotatable bonds is 6. The normalized spacial score (nSPS) is 21.3. The maximum absolute atomic E-state index is 12.8. The third-order valence-corrected chi connectivity index (χ3v) is 5.03.